The third kappa shape index (κ3) is 2.61. The van der Waals surface area contributed by atoms with Crippen molar-refractivity contribution in [1.29, 1.82) is 0 Å². The molecule has 2 heteroatoms. The first kappa shape index (κ1) is 15.1. The molecule has 0 aromatic heterocycles. The van der Waals surface area contributed by atoms with Gasteiger partial charge < -0.3 is 4.90 Å². The first-order valence-corrected chi connectivity index (χ1v) is 7.63. The molecule has 1 aliphatic rings. The standard InChI is InChI=1S/C18H27NO/c1-12(2)10-19-17-13(3)7-15(11-20)8-16(17)14(4)9-18(19,5)6/h7-8,11-12,14H,9-10H2,1-6H3/t14-/m0/s1. The predicted molar refractivity (Wildman–Crippen MR) is 85.9 cm³/mol. The number of carbonyl (C=O) groups is 1. The zero-order valence-corrected chi connectivity index (χ0v) is 13.7. The molecule has 0 fully saturated rings. The Balaban J connectivity index is 2.60. The van der Waals surface area contributed by atoms with Crippen molar-refractivity contribution < 1.29 is 4.79 Å². The SMILES string of the molecule is Cc1cc(C=O)cc2c1N(CC(C)C)C(C)(C)C[C@@H]2C. The fourth-order valence-corrected chi connectivity index (χ4v) is 3.62. The third-order valence-electron chi connectivity index (χ3n) is 4.37. The number of carbonyl (C=O) groups excluding carboxylic acids is 1. The summed E-state index contributed by atoms with van der Waals surface area (Å²) in [5, 5.41) is 0. The smallest absolute Gasteiger partial charge is 0.150 e. The Bertz CT molecular complexity index is 516. The summed E-state index contributed by atoms with van der Waals surface area (Å²) in [5.74, 6) is 1.13. The van der Waals surface area contributed by atoms with E-state index in [2.05, 4.69) is 52.5 Å². The zero-order valence-electron chi connectivity index (χ0n) is 13.7. The summed E-state index contributed by atoms with van der Waals surface area (Å²) in [6, 6.07) is 4.11. The van der Waals surface area contributed by atoms with Crippen LogP contribution in [0.5, 0.6) is 0 Å². The minimum absolute atomic E-state index is 0.171. The van der Waals surface area contributed by atoms with E-state index in [1.165, 1.54) is 16.8 Å². The molecule has 20 heavy (non-hydrogen) atoms. The fraction of sp³-hybridized carbons (Fsp3) is 0.611. The monoisotopic (exact) mass is 273 g/mol. The molecule has 2 nitrogen and oxygen atoms in total. The van der Waals surface area contributed by atoms with Gasteiger partial charge in [-0.15, -0.1) is 0 Å². The number of hydrogen-bond donors (Lipinski definition) is 0. The van der Waals surface area contributed by atoms with Crippen LogP contribution in [0.1, 0.15) is 68.4 Å². The molecule has 1 atom stereocenters. The molecule has 1 heterocycles. The second-order valence-corrected chi connectivity index (χ2v) is 7.32. The molecule has 0 N–H and O–H groups in total. The molecule has 2 rings (SSSR count). The maximum Gasteiger partial charge on any atom is 0.150 e. The third-order valence-corrected chi connectivity index (χ3v) is 4.37. The molecule has 0 radical (unpaired) electrons. The number of anilines is 1. The average Bonchev–Trinajstić information content (AvgIpc) is 2.33. The fourth-order valence-electron chi connectivity index (χ4n) is 3.62. The predicted octanol–water partition coefficient (Wildman–Crippen LogP) is 4.56. The van der Waals surface area contributed by atoms with Gasteiger partial charge in [0.2, 0.25) is 0 Å². The molecule has 0 unspecified atom stereocenters. The Hall–Kier alpha value is -1.31. The number of hydrogen-bond acceptors (Lipinski definition) is 2. The highest BCUT2D eigenvalue weighted by Gasteiger charge is 2.37. The number of rotatable bonds is 3. The van der Waals surface area contributed by atoms with E-state index < -0.39 is 0 Å². The maximum absolute atomic E-state index is 11.1. The van der Waals surface area contributed by atoms with E-state index in [9.17, 15) is 4.79 Å². The topological polar surface area (TPSA) is 20.3 Å². The van der Waals surface area contributed by atoms with Crippen molar-refractivity contribution in [1.82, 2.24) is 0 Å². The highest BCUT2D eigenvalue weighted by molar-refractivity contribution is 5.79. The molecule has 0 amide bonds. The van der Waals surface area contributed by atoms with Gasteiger partial charge in [-0.05, 0) is 62.3 Å². The van der Waals surface area contributed by atoms with Crippen LogP contribution in [0.15, 0.2) is 12.1 Å². The van der Waals surface area contributed by atoms with Crippen molar-refractivity contribution in [2.45, 2.75) is 59.4 Å². The van der Waals surface area contributed by atoms with Crippen LogP contribution in [0, 0.1) is 12.8 Å². The van der Waals surface area contributed by atoms with E-state index >= 15 is 0 Å². The lowest BCUT2D eigenvalue weighted by molar-refractivity contribution is 0.112. The van der Waals surface area contributed by atoms with Crippen LogP contribution in [0.2, 0.25) is 0 Å². The maximum atomic E-state index is 11.1. The molecule has 0 saturated heterocycles. The van der Waals surface area contributed by atoms with Gasteiger partial charge >= 0.3 is 0 Å². The Kier molecular flexibility index (Phi) is 3.95. The number of aryl methyl sites for hydroxylation is 1. The van der Waals surface area contributed by atoms with Crippen molar-refractivity contribution >= 4 is 12.0 Å². The molecule has 0 spiro atoms. The summed E-state index contributed by atoms with van der Waals surface area (Å²) >= 11 is 0. The van der Waals surface area contributed by atoms with Gasteiger partial charge in [0.25, 0.3) is 0 Å². The summed E-state index contributed by atoms with van der Waals surface area (Å²) in [5.41, 5.74) is 4.90. The molecular formula is C18H27NO. The van der Waals surface area contributed by atoms with Crippen LogP contribution in [-0.4, -0.2) is 18.4 Å². The van der Waals surface area contributed by atoms with Crippen LogP contribution < -0.4 is 4.90 Å². The summed E-state index contributed by atoms with van der Waals surface area (Å²) in [6.45, 7) is 14.7. The molecule has 1 aromatic rings. The number of fused-ring (bicyclic) bond motifs is 1. The van der Waals surface area contributed by atoms with E-state index in [0.717, 1.165) is 24.8 Å². The normalized spacial score (nSPS) is 20.9. The lowest BCUT2D eigenvalue weighted by atomic mass is 9.78. The Labute approximate surface area is 123 Å². The first-order chi connectivity index (χ1) is 9.26. The first-order valence-electron chi connectivity index (χ1n) is 7.63. The highest BCUT2D eigenvalue weighted by atomic mass is 16.1. The van der Waals surface area contributed by atoms with Crippen LogP contribution in [-0.2, 0) is 0 Å². The van der Waals surface area contributed by atoms with Crippen molar-refractivity contribution in [3.8, 4) is 0 Å². The van der Waals surface area contributed by atoms with Crippen molar-refractivity contribution in [2.24, 2.45) is 5.92 Å². The van der Waals surface area contributed by atoms with Crippen molar-refractivity contribution in [3.63, 3.8) is 0 Å². The van der Waals surface area contributed by atoms with E-state index in [-0.39, 0.29) is 5.54 Å². The molecule has 0 bridgehead atoms. The second-order valence-electron chi connectivity index (χ2n) is 7.32. The quantitative estimate of drug-likeness (QED) is 0.753. The molecule has 1 aliphatic heterocycles. The van der Waals surface area contributed by atoms with Gasteiger partial charge in [0, 0.05) is 23.3 Å². The van der Waals surface area contributed by atoms with Crippen LogP contribution in [0.3, 0.4) is 0 Å². The molecule has 0 aliphatic carbocycles. The van der Waals surface area contributed by atoms with Gasteiger partial charge in [0.1, 0.15) is 6.29 Å². The minimum Gasteiger partial charge on any atom is -0.366 e. The zero-order chi connectivity index (χ0) is 15.1. The lowest BCUT2D eigenvalue weighted by Gasteiger charge is -2.49. The van der Waals surface area contributed by atoms with Gasteiger partial charge in [0.15, 0.2) is 0 Å². The van der Waals surface area contributed by atoms with Gasteiger partial charge in [-0.25, -0.2) is 0 Å². The molecule has 110 valence electrons. The summed E-state index contributed by atoms with van der Waals surface area (Å²) < 4.78 is 0. The van der Waals surface area contributed by atoms with E-state index in [4.69, 9.17) is 0 Å². The lowest BCUT2D eigenvalue weighted by Crippen LogP contribution is -2.50. The average molecular weight is 273 g/mol. The van der Waals surface area contributed by atoms with Gasteiger partial charge in [0.05, 0.1) is 0 Å². The van der Waals surface area contributed by atoms with E-state index in [1.54, 1.807) is 0 Å². The van der Waals surface area contributed by atoms with Gasteiger partial charge in [-0.1, -0.05) is 20.8 Å². The highest BCUT2D eigenvalue weighted by Crippen LogP contribution is 2.45. The molecule has 1 aromatic carbocycles. The largest absolute Gasteiger partial charge is 0.366 e. The molecule has 0 saturated carbocycles. The van der Waals surface area contributed by atoms with Crippen LogP contribution in [0.4, 0.5) is 5.69 Å². The second kappa shape index (κ2) is 5.23. The number of benzene rings is 1. The number of nitrogens with zero attached hydrogens (tertiary/aromatic N) is 1. The minimum atomic E-state index is 0.171. The Morgan fingerprint density at radius 3 is 2.60 bits per heavy atom. The van der Waals surface area contributed by atoms with Gasteiger partial charge in [-0.2, -0.15) is 0 Å². The van der Waals surface area contributed by atoms with Crippen molar-refractivity contribution in [2.75, 3.05) is 11.4 Å². The Morgan fingerprint density at radius 2 is 2.05 bits per heavy atom. The number of aldehydes is 1. The van der Waals surface area contributed by atoms with E-state index in [1.807, 2.05) is 6.07 Å². The van der Waals surface area contributed by atoms with Crippen LogP contribution in [0.25, 0.3) is 0 Å². The summed E-state index contributed by atoms with van der Waals surface area (Å²) in [7, 11) is 0. The summed E-state index contributed by atoms with van der Waals surface area (Å²) in [4.78, 5) is 13.7. The van der Waals surface area contributed by atoms with Crippen LogP contribution >= 0.6 is 0 Å². The van der Waals surface area contributed by atoms with Gasteiger partial charge in [-0.3, -0.25) is 4.79 Å². The van der Waals surface area contributed by atoms with Crippen molar-refractivity contribution in [3.05, 3.63) is 28.8 Å². The van der Waals surface area contributed by atoms with E-state index in [0.29, 0.717) is 11.8 Å². The molecular weight excluding hydrogens is 246 g/mol. The summed E-state index contributed by atoms with van der Waals surface area (Å²) in [6.07, 6.45) is 2.10. The Morgan fingerprint density at radius 1 is 1.40 bits per heavy atom.